The van der Waals surface area contributed by atoms with Crippen LogP contribution in [0.5, 0.6) is 0 Å². The smallest absolute Gasteiger partial charge is 0.249 e. The molecule has 322 valence electrons. The summed E-state index contributed by atoms with van der Waals surface area (Å²) in [6.07, 6.45) is 26.5. The highest BCUT2D eigenvalue weighted by Crippen LogP contribution is 2.23. The predicted molar refractivity (Wildman–Crippen MR) is 219 cm³/mol. The molecule has 0 saturated carbocycles. The molecular formula is C44H81NO10. The number of hydrogen-bond donors (Lipinski definition) is 8. The molecule has 1 aliphatic rings. The Kier molecular flexibility index (Phi) is 32.1. The highest BCUT2D eigenvalue weighted by atomic mass is 16.7. The molecular weight excluding hydrogens is 702 g/mol. The summed E-state index contributed by atoms with van der Waals surface area (Å²) >= 11 is 0. The molecule has 0 aromatic heterocycles. The Labute approximate surface area is 333 Å². The Morgan fingerprint density at radius 3 is 1.69 bits per heavy atom. The van der Waals surface area contributed by atoms with Gasteiger partial charge in [0.1, 0.15) is 36.6 Å². The van der Waals surface area contributed by atoms with Crippen LogP contribution in [-0.2, 0) is 14.3 Å². The van der Waals surface area contributed by atoms with Crippen molar-refractivity contribution in [1.82, 2.24) is 5.32 Å². The molecule has 0 radical (unpaired) electrons. The van der Waals surface area contributed by atoms with Gasteiger partial charge in [-0.15, -0.1) is 0 Å². The Bertz CT molecular complexity index is 992. The molecule has 1 rings (SSSR count). The van der Waals surface area contributed by atoms with Gasteiger partial charge in [0.05, 0.1) is 25.4 Å². The third-order valence-electron chi connectivity index (χ3n) is 10.4. The summed E-state index contributed by atoms with van der Waals surface area (Å²) in [6.45, 7) is 3.35. The fraction of sp³-hybridized carbons (Fsp3) is 0.841. The molecule has 0 spiro atoms. The normalized spacial score (nSPS) is 22.8. The SMILES string of the molecule is CCCCCCCC/C=C\C/C=C\CC(O)C(=O)NC(COC1OC(CO)C(O)C(O)C1O)C(O)C(O)CCC/C=C/CCCCCCCCCCCCC. The summed E-state index contributed by atoms with van der Waals surface area (Å²) in [4.78, 5) is 13.0. The summed E-state index contributed by atoms with van der Waals surface area (Å²) in [6, 6.07) is -1.21. The molecule has 0 aromatic carbocycles. The van der Waals surface area contributed by atoms with Gasteiger partial charge in [0.2, 0.25) is 5.91 Å². The Balaban J connectivity index is 2.56. The number of nitrogens with one attached hydrogen (secondary N) is 1. The van der Waals surface area contributed by atoms with E-state index >= 15 is 0 Å². The first kappa shape index (κ1) is 51.3. The van der Waals surface area contributed by atoms with E-state index in [1.165, 1.54) is 103 Å². The maximum absolute atomic E-state index is 13.0. The van der Waals surface area contributed by atoms with Gasteiger partial charge in [-0.05, 0) is 51.4 Å². The van der Waals surface area contributed by atoms with E-state index in [9.17, 15) is 40.5 Å². The molecule has 0 aliphatic carbocycles. The first-order valence-corrected chi connectivity index (χ1v) is 21.9. The van der Waals surface area contributed by atoms with Crippen LogP contribution in [0.2, 0.25) is 0 Å². The van der Waals surface area contributed by atoms with E-state index in [0.29, 0.717) is 12.8 Å². The van der Waals surface area contributed by atoms with Crippen LogP contribution in [0.1, 0.15) is 168 Å². The number of aliphatic hydroxyl groups is 7. The number of carbonyl (C=O) groups is 1. The number of rotatable bonds is 35. The molecule has 1 amide bonds. The molecule has 1 saturated heterocycles. The van der Waals surface area contributed by atoms with E-state index in [1.54, 1.807) is 6.08 Å². The van der Waals surface area contributed by atoms with E-state index in [0.717, 1.165) is 25.7 Å². The van der Waals surface area contributed by atoms with E-state index in [1.807, 2.05) is 6.08 Å². The molecule has 9 atom stereocenters. The van der Waals surface area contributed by atoms with Crippen LogP contribution in [0.15, 0.2) is 36.5 Å². The van der Waals surface area contributed by atoms with E-state index in [4.69, 9.17) is 9.47 Å². The molecule has 0 aromatic rings. The van der Waals surface area contributed by atoms with Crippen molar-refractivity contribution in [3.8, 4) is 0 Å². The Morgan fingerprint density at radius 1 is 0.655 bits per heavy atom. The topological polar surface area (TPSA) is 189 Å². The molecule has 8 N–H and O–H groups in total. The van der Waals surface area contributed by atoms with Crippen LogP contribution >= 0.6 is 0 Å². The van der Waals surface area contributed by atoms with E-state index in [-0.39, 0.29) is 12.8 Å². The van der Waals surface area contributed by atoms with Crippen LogP contribution < -0.4 is 5.32 Å². The molecule has 11 heteroatoms. The molecule has 1 aliphatic heterocycles. The van der Waals surface area contributed by atoms with Gasteiger partial charge in [-0.1, -0.05) is 147 Å². The van der Waals surface area contributed by atoms with E-state index < -0.39 is 74.2 Å². The summed E-state index contributed by atoms with van der Waals surface area (Å²) in [7, 11) is 0. The number of allylic oxidation sites excluding steroid dienone is 5. The van der Waals surface area contributed by atoms with Gasteiger partial charge < -0.3 is 50.5 Å². The van der Waals surface area contributed by atoms with Crippen molar-refractivity contribution in [2.24, 2.45) is 0 Å². The largest absolute Gasteiger partial charge is 0.394 e. The summed E-state index contributed by atoms with van der Waals surface area (Å²) in [5.41, 5.74) is 0. The number of unbranched alkanes of at least 4 members (excludes halogenated alkanes) is 18. The lowest BCUT2D eigenvalue weighted by atomic mass is 9.99. The first-order valence-electron chi connectivity index (χ1n) is 21.9. The number of aliphatic hydroxyl groups excluding tert-OH is 7. The van der Waals surface area contributed by atoms with Gasteiger partial charge in [0.15, 0.2) is 6.29 Å². The van der Waals surface area contributed by atoms with Crippen molar-refractivity contribution < 1.29 is 50.0 Å². The zero-order valence-electron chi connectivity index (χ0n) is 34.4. The monoisotopic (exact) mass is 784 g/mol. The highest BCUT2D eigenvalue weighted by Gasteiger charge is 2.44. The van der Waals surface area contributed by atoms with Crippen molar-refractivity contribution >= 4 is 5.91 Å². The lowest BCUT2D eigenvalue weighted by Gasteiger charge is -2.40. The molecule has 11 nitrogen and oxygen atoms in total. The lowest BCUT2D eigenvalue weighted by molar-refractivity contribution is -0.303. The molecule has 1 heterocycles. The zero-order valence-corrected chi connectivity index (χ0v) is 34.4. The Hall–Kier alpha value is -1.67. The molecule has 0 bridgehead atoms. The molecule has 9 unspecified atom stereocenters. The molecule has 55 heavy (non-hydrogen) atoms. The average molecular weight is 784 g/mol. The van der Waals surface area contributed by atoms with Crippen molar-refractivity contribution in [1.29, 1.82) is 0 Å². The van der Waals surface area contributed by atoms with E-state index in [2.05, 4.69) is 43.5 Å². The standard InChI is InChI=1S/C44H81NO10/c1-3-5-7-9-11-13-15-17-18-19-20-22-23-25-27-29-31-36(47)39(49)35(34-54-44-42(52)41(51)40(50)38(33-46)55-44)45-43(53)37(48)32-30-28-26-24-21-16-14-12-10-8-6-4-2/h21,23-25,28,30,35-42,44,46-52H,3-20,22,26-27,29,31-34H2,1-2H3,(H,45,53)/b24-21-,25-23+,30-28-. The maximum Gasteiger partial charge on any atom is 0.249 e. The number of ether oxygens (including phenoxy) is 2. The second-order valence-corrected chi connectivity index (χ2v) is 15.4. The first-order chi connectivity index (χ1) is 26.7. The van der Waals surface area contributed by atoms with Gasteiger partial charge in [-0.25, -0.2) is 0 Å². The predicted octanol–water partition coefficient (Wildman–Crippen LogP) is 6.44. The van der Waals surface area contributed by atoms with Crippen LogP contribution in [-0.4, -0.2) is 110 Å². The quantitative estimate of drug-likeness (QED) is 0.0262. The van der Waals surface area contributed by atoms with Crippen molar-refractivity contribution in [3.05, 3.63) is 36.5 Å². The fourth-order valence-corrected chi connectivity index (χ4v) is 6.72. The Morgan fingerprint density at radius 2 is 1.15 bits per heavy atom. The molecule has 1 fully saturated rings. The van der Waals surface area contributed by atoms with Crippen LogP contribution in [0.3, 0.4) is 0 Å². The van der Waals surface area contributed by atoms with Gasteiger partial charge in [-0.3, -0.25) is 4.79 Å². The third kappa shape index (κ3) is 24.7. The third-order valence-corrected chi connectivity index (χ3v) is 10.4. The van der Waals surface area contributed by atoms with Crippen LogP contribution in [0, 0.1) is 0 Å². The highest BCUT2D eigenvalue weighted by molar-refractivity contribution is 5.81. The maximum atomic E-state index is 13.0. The zero-order chi connectivity index (χ0) is 40.5. The van der Waals surface area contributed by atoms with Gasteiger partial charge >= 0.3 is 0 Å². The van der Waals surface area contributed by atoms with Gasteiger partial charge in [0, 0.05) is 6.42 Å². The number of amides is 1. The lowest BCUT2D eigenvalue weighted by Crippen LogP contribution is -2.60. The number of carbonyl (C=O) groups excluding carboxylic acids is 1. The number of hydrogen-bond acceptors (Lipinski definition) is 10. The minimum Gasteiger partial charge on any atom is -0.394 e. The minimum absolute atomic E-state index is 0.0432. The summed E-state index contributed by atoms with van der Waals surface area (Å²) < 4.78 is 11.0. The minimum atomic E-state index is -1.68. The second-order valence-electron chi connectivity index (χ2n) is 15.4. The second kappa shape index (κ2) is 34.4. The van der Waals surface area contributed by atoms with Crippen LogP contribution in [0.4, 0.5) is 0 Å². The van der Waals surface area contributed by atoms with Gasteiger partial charge in [0.25, 0.3) is 0 Å². The fourth-order valence-electron chi connectivity index (χ4n) is 6.72. The van der Waals surface area contributed by atoms with Crippen molar-refractivity contribution in [2.45, 2.75) is 223 Å². The average Bonchev–Trinajstić information content (AvgIpc) is 3.18. The van der Waals surface area contributed by atoms with Crippen molar-refractivity contribution in [3.63, 3.8) is 0 Å². The van der Waals surface area contributed by atoms with Crippen LogP contribution in [0.25, 0.3) is 0 Å². The van der Waals surface area contributed by atoms with Gasteiger partial charge in [-0.2, -0.15) is 0 Å². The summed E-state index contributed by atoms with van der Waals surface area (Å²) in [5, 5.41) is 75.3. The summed E-state index contributed by atoms with van der Waals surface area (Å²) in [5.74, 6) is -0.776. The van der Waals surface area contributed by atoms with Crippen molar-refractivity contribution in [2.75, 3.05) is 13.2 Å².